The van der Waals surface area contributed by atoms with E-state index in [1.165, 1.54) is 12.1 Å². The van der Waals surface area contributed by atoms with Crippen molar-refractivity contribution in [3.63, 3.8) is 0 Å². The first-order valence-corrected chi connectivity index (χ1v) is 7.01. The summed E-state index contributed by atoms with van der Waals surface area (Å²) in [5, 5.41) is 10.7. The molecular formula is C11H11Br2NO4. The van der Waals surface area contributed by atoms with Crippen molar-refractivity contribution < 1.29 is 14.4 Å². The first kappa shape index (κ1) is 13.8. The van der Waals surface area contributed by atoms with Crippen LogP contribution in [0.1, 0.15) is 6.42 Å². The highest BCUT2D eigenvalue weighted by Gasteiger charge is 2.42. The molecule has 0 aliphatic heterocycles. The quantitative estimate of drug-likeness (QED) is 0.456. The van der Waals surface area contributed by atoms with E-state index in [0.29, 0.717) is 10.2 Å². The summed E-state index contributed by atoms with van der Waals surface area (Å²) in [4.78, 5) is 10.5. The second-order valence-electron chi connectivity index (χ2n) is 3.98. The van der Waals surface area contributed by atoms with Crippen molar-refractivity contribution in [3.8, 4) is 5.75 Å². The first-order valence-electron chi connectivity index (χ1n) is 5.30. The Labute approximate surface area is 121 Å². The van der Waals surface area contributed by atoms with Gasteiger partial charge in [-0.1, -0.05) is 15.9 Å². The molecule has 0 spiro atoms. The van der Waals surface area contributed by atoms with Gasteiger partial charge in [0, 0.05) is 24.4 Å². The van der Waals surface area contributed by atoms with E-state index in [1.807, 2.05) is 0 Å². The van der Waals surface area contributed by atoms with Crippen molar-refractivity contribution >= 4 is 37.5 Å². The zero-order chi connectivity index (χ0) is 13.3. The highest BCUT2D eigenvalue weighted by Crippen LogP contribution is 2.37. The predicted molar refractivity (Wildman–Crippen MR) is 73.3 cm³/mol. The standard InChI is InChI=1S/C11H11Br2NO4/c1-17-11-8(13)5-10(11)18-9-4-6(14(15)16)2-3-7(9)12/h2-4,8,10-11H,5H2,1H3. The molecule has 1 aliphatic carbocycles. The average molecular weight is 381 g/mol. The largest absolute Gasteiger partial charge is 0.486 e. The van der Waals surface area contributed by atoms with Gasteiger partial charge in [-0.05, 0) is 22.0 Å². The molecule has 7 heteroatoms. The molecule has 0 saturated heterocycles. The van der Waals surface area contributed by atoms with Gasteiger partial charge in [-0.25, -0.2) is 0 Å². The maximum absolute atomic E-state index is 10.7. The van der Waals surface area contributed by atoms with Crippen molar-refractivity contribution in [1.29, 1.82) is 0 Å². The van der Waals surface area contributed by atoms with Crippen LogP contribution in [0.5, 0.6) is 5.75 Å². The van der Waals surface area contributed by atoms with E-state index < -0.39 is 4.92 Å². The van der Waals surface area contributed by atoms with E-state index in [-0.39, 0.29) is 22.7 Å². The summed E-state index contributed by atoms with van der Waals surface area (Å²) >= 11 is 6.79. The van der Waals surface area contributed by atoms with Gasteiger partial charge < -0.3 is 9.47 Å². The monoisotopic (exact) mass is 379 g/mol. The topological polar surface area (TPSA) is 61.6 Å². The van der Waals surface area contributed by atoms with Gasteiger partial charge in [0.25, 0.3) is 5.69 Å². The van der Waals surface area contributed by atoms with Gasteiger partial charge in [0.1, 0.15) is 18.0 Å². The van der Waals surface area contributed by atoms with Crippen LogP contribution in [0, 0.1) is 10.1 Å². The molecule has 0 heterocycles. The highest BCUT2D eigenvalue weighted by molar-refractivity contribution is 9.10. The van der Waals surface area contributed by atoms with E-state index in [0.717, 1.165) is 6.42 Å². The zero-order valence-corrected chi connectivity index (χ0v) is 12.7. The Morgan fingerprint density at radius 1 is 1.50 bits per heavy atom. The minimum Gasteiger partial charge on any atom is -0.486 e. The molecule has 18 heavy (non-hydrogen) atoms. The Kier molecular flexibility index (Phi) is 4.24. The lowest BCUT2D eigenvalue weighted by Gasteiger charge is -2.40. The molecule has 1 saturated carbocycles. The van der Waals surface area contributed by atoms with Gasteiger partial charge in [-0.3, -0.25) is 10.1 Å². The fourth-order valence-corrected chi connectivity index (χ4v) is 3.07. The third kappa shape index (κ3) is 2.67. The zero-order valence-electron chi connectivity index (χ0n) is 9.51. The molecule has 1 aliphatic rings. The van der Waals surface area contributed by atoms with Crippen molar-refractivity contribution in [2.24, 2.45) is 0 Å². The molecule has 0 radical (unpaired) electrons. The molecule has 3 atom stereocenters. The summed E-state index contributed by atoms with van der Waals surface area (Å²) in [5.41, 5.74) is 0.0110. The third-order valence-electron chi connectivity index (χ3n) is 2.86. The molecule has 3 unspecified atom stereocenters. The predicted octanol–water partition coefficient (Wildman–Crippen LogP) is 3.29. The molecule has 0 bridgehead atoms. The number of hydrogen-bond acceptors (Lipinski definition) is 4. The van der Waals surface area contributed by atoms with Gasteiger partial charge in [-0.15, -0.1) is 0 Å². The van der Waals surface area contributed by atoms with E-state index in [1.54, 1.807) is 13.2 Å². The molecule has 0 amide bonds. The van der Waals surface area contributed by atoms with Crippen LogP contribution in [0.15, 0.2) is 22.7 Å². The fourth-order valence-electron chi connectivity index (χ4n) is 1.80. The number of non-ortho nitro benzene ring substituents is 1. The molecule has 0 aromatic heterocycles. The smallest absolute Gasteiger partial charge is 0.273 e. The Bertz CT molecular complexity index is 468. The van der Waals surface area contributed by atoms with Crippen molar-refractivity contribution in [3.05, 3.63) is 32.8 Å². The number of halogens is 2. The number of rotatable bonds is 4. The minimum atomic E-state index is -0.443. The van der Waals surface area contributed by atoms with Gasteiger partial charge >= 0.3 is 0 Å². The van der Waals surface area contributed by atoms with E-state index >= 15 is 0 Å². The fraction of sp³-hybridized carbons (Fsp3) is 0.455. The summed E-state index contributed by atoms with van der Waals surface area (Å²) < 4.78 is 11.7. The number of nitro benzene ring substituents is 1. The summed E-state index contributed by atoms with van der Waals surface area (Å²) in [7, 11) is 1.62. The number of benzene rings is 1. The molecule has 1 fully saturated rings. The van der Waals surface area contributed by atoms with Gasteiger partial charge in [-0.2, -0.15) is 0 Å². The number of methoxy groups -OCH3 is 1. The van der Waals surface area contributed by atoms with Gasteiger partial charge in [0.05, 0.1) is 15.5 Å². The molecule has 0 N–H and O–H groups in total. The molecule has 98 valence electrons. The lowest BCUT2D eigenvalue weighted by atomic mass is 9.91. The van der Waals surface area contributed by atoms with Crippen LogP contribution < -0.4 is 4.74 Å². The Balaban J connectivity index is 2.14. The van der Waals surface area contributed by atoms with Crippen molar-refractivity contribution in [2.75, 3.05) is 7.11 Å². The second kappa shape index (κ2) is 5.54. The summed E-state index contributed by atoms with van der Waals surface area (Å²) in [5.74, 6) is 0.468. The van der Waals surface area contributed by atoms with E-state index in [4.69, 9.17) is 9.47 Å². The van der Waals surface area contributed by atoms with Crippen molar-refractivity contribution in [1.82, 2.24) is 0 Å². The van der Waals surface area contributed by atoms with Crippen molar-refractivity contribution in [2.45, 2.75) is 23.5 Å². The maximum atomic E-state index is 10.7. The highest BCUT2D eigenvalue weighted by atomic mass is 79.9. The van der Waals surface area contributed by atoms with Crippen LogP contribution in [-0.2, 0) is 4.74 Å². The minimum absolute atomic E-state index is 0.0110. The number of nitrogens with zero attached hydrogens (tertiary/aromatic N) is 1. The Hall–Kier alpha value is -0.660. The molecule has 1 aromatic carbocycles. The molecule has 1 aromatic rings. The first-order chi connectivity index (χ1) is 8.52. The van der Waals surface area contributed by atoms with Crippen LogP contribution >= 0.6 is 31.9 Å². The normalized spacial score (nSPS) is 26.5. The average Bonchev–Trinajstić information content (AvgIpc) is 2.31. The molecule has 2 rings (SSSR count). The van der Waals surface area contributed by atoms with E-state index in [2.05, 4.69) is 31.9 Å². The van der Waals surface area contributed by atoms with Crippen LogP contribution in [0.3, 0.4) is 0 Å². The molecule has 5 nitrogen and oxygen atoms in total. The lowest BCUT2D eigenvalue weighted by molar-refractivity contribution is -0.385. The number of nitro groups is 1. The summed E-state index contributed by atoms with van der Waals surface area (Å²) in [6.45, 7) is 0. The number of alkyl halides is 1. The second-order valence-corrected chi connectivity index (χ2v) is 6.01. The maximum Gasteiger partial charge on any atom is 0.273 e. The van der Waals surface area contributed by atoms with Gasteiger partial charge in [0.15, 0.2) is 0 Å². The van der Waals surface area contributed by atoms with Crippen LogP contribution in [0.25, 0.3) is 0 Å². The van der Waals surface area contributed by atoms with E-state index in [9.17, 15) is 10.1 Å². The number of hydrogen-bond donors (Lipinski definition) is 0. The van der Waals surface area contributed by atoms with Gasteiger partial charge in [0.2, 0.25) is 0 Å². The van der Waals surface area contributed by atoms with Crippen LogP contribution in [0.4, 0.5) is 5.69 Å². The third-order valence-corrected chi connectivity index (χ3v) is 4.41. The lowest BCUT2D eigenvalue weighted by Crippen LogP contribution is -2.51. The van der Waals surface area contributed by atoms with Crippen LogP contribution in [0.2, 0.25) is 0 Å². The molecular weight excluding hydrogens is 370 g/mol. The number of ether oxygens (including phenoxy) is 2. The summed E-state index contributed by atoms with van der Waals surface area (Å²) in [6, 6.07) is 4.46. The SMILES string of the molecule is COC1C(Br)CC1Oc1cc([N+](=O)[O-])ccc1Br. The van der Waals surface area contributed by atoms with Crippen LogP contribution in [-0.4, -0.2) is 29.1 Å². The summed E-state index contributed by atoms with van der Waals surface area (Å²) in [6.07, 6.45) is 0.696. The Morgan fingerprint density at radius 3 is 2.78 bits per heavy atom. The Morgan fingerprint density at radius 2 is 2.22 bits per heavy atom.